The number of nitrogens with zero attached hydrogens (tertiary/aromatic N) is 3. The maximum absolute atomic E-state index is 12.6. The highest BCUT2D eigenvalue weighted by Crippen LogP contribution is 2.25. The molecule has 2 aliphatic heterocycles. The van der Waals surface area contributed by atoms with E-state index in [1.54, 1.807) is 12.3 Å². The first kappa shape index (κ1) is 20.5. The summed E-state index contributed by atoms with van der Waals surface area (Å²) >= 11 is 0. The molecule has 1 fully saturated rings. The summed E-state index contributed by atoms with van der Waals surface area (Å²) in [5.41, 5.74) is 2.76. The molecule has 3 heterocycles. The van der Waals surface area contributed by atoms with Gasteiger partial charge in [0.1, 0.15) is 0 Å². The number of carbonyl (C=O) groups is 2. The van der Waals surface area contributed by atoms with E-state index in [0.717, 1.165) is 19.3 Å². The van der Waals surface area contributed by atoms with E-state index in [2.05, 4.69) is 23.7 Å². The van der Waals surface area contributed by atoms with Gasteiger partial charge < -0.3 is 9.80 Å². The lowest BCUT2D eigenvalue weighted by atomic mass is 10.0. The first-order chi connectivity index (χ1) is 14.6. The fourth-order valence-electron chi connectivity index (χ4n) is 3.30. The highest BCUT2D eigenvalue weighted by atomic mass is 32.2. The highest BCUT2D eigenvalue weighted by Gasteiger charge is 2.44. The average Bonchev–Trinajstić information content (AvgIpc) is 3.21. The number of rotatable bonds is 5. The molecule has 2 amide bonds. The number of hydrogen-bond donors (Lipinski definition) is 2. The molecule has 1 atom stereocenters. The van der Waals surface area contributed by atoms with Crippen LogP contribution in [-0.4, -0.2) is 77.6 Å². The lowest BCUT2D eigenvalue weighted by Crippen LogP contribution is -2.50. The first-order valence-electron chi connectivity index (χ1n) is 9.97. The summed E-state index contributed by atoms with van der Waals surface area (Å²) in [6, 6.07) is 1.44. The standard InChI is InChI=1S/C20H24N4O5S/c1-20(18(25)21-27,30(3,28)29)8-9-23-14-17-10-15(13-24(17)19(23)26)6-4-5-7-16-11-22(2)12-16/h10,13,16,27H,8-9,11-12,14H2,1-3H3,(H,21,25)/i2D. The lowest BCUT2D eigenvalue weighted by Gasteiger charge is -2.32. The van der Waals surface area contributed by atoms with Crippen LogP contribution in [0.2, 0.25) is 0 Å². The monoisotopic (exact) mass is 433 g/mol. The number of likely N-dealkylation sites (tertiary alicyclic amines) is 1. The fraction of sp³-hybridized carbons (Fsp3) is 0.500. The van der Waals surface area contributed by atoms with Gasteiger partial charge in [-0.3, -0.25) is 14.6 Å². The van der Waals surface area contributed by atoms with Crippen molar-refractivity contribution in [1.82, 2.24) is 19.8 Å². The van der Waals surface area contributed by atoms with Gasteiger partial charge in [0.25, 0.3) is 5.91 Å². The van der Waals surface area contributed by atoms with Crippen molar-refractivity contribution >= 4 is 21.8 Å². The van der Waals surface area contributed by atoms with Crippen molar-refractivity contribution in [1.29, 1.82) is 0 Å². The van der Waals surface area contributed by atoms with Crippen LogP contribution in [0.4, 0.5) is 4.79 Å². The Bertz CT molecular complexity index is 1120. The minimum absolute atomic E-state index is 0.0285. The van der Waals surface area contributed by atoms with E-state index < -0.39 is 20.5 Å². The van der Waals surface area contributed by atoms with Gasteiger partial charge in [-0.05, 0) is 38.3 Å². The van der Waals surface area contributed by atoms with Gasteiger partial charge in [-0.15, -0.1) is 0 Å². The molecule has 3 rings (SSSR count). The molecule has 10 heteroatoms. The second kappa shape index (κ2) is 8.15. The van der Waals surface area contributed by atoms with Crippen LogP contribution in [0.1, 0.15) is 26.0 Å². The second-order valence-electron chi connectivity index (χ2n) is 7.74. The van der Waals surface area contributed by atoms with Crippen LogP contribution < -0.4 is 5.48 Å². The average molecular weight is 434 g/mol. The van der Waals surface area contributed by atoms with Gasteiger partial charge in [0.15, 0.2) is 14.6 Å². The third-order valence-corrected chi connectivity index (χ3v) is 7.52. The van der Waals surface area contributed by atoms with Crippen LogP contribution in [-0.2, 0) is 21.2 Å². The maximum atomic E-state index is 12.6. The van der Waals surface area contributed by atoms with E-state index in [1.807, 2.05) is 4.90 Å². The number of nitrogens with one attached hydrogen (secondary N) is 1. The predicted molar refractivity (Wildman–Crippen MR) is 109 cm³/mol. The summed E-state index contributed by atoms with van der Waals surface area (Å²) < 4.78 is 30.9. The van der Waals surface area contributed by atoms with Gasteiger partial charge in [-0.2, -0.15) is 0 Å². The van der Waals surface area contributed by atoms with Gasteiger partial charge in [0, 0.05) is 50.6 Å². The fourth-order valence-corrected chi connectivity index (χ4v) is 4.15. The SMILES string of the molecule is [2H]CN1CC(C#CC#Cc2cc3n(c2)C(=O)N(CCC(C)(C(=O)NO)S(C)(=O)=O)C3)C1. The van der Waals surface area contributed by atoms with E-state index in [1.165, 1.54) is 21.9 Å². The van der Waals surface area contributed by atoms with Crippen molar-refractivity contribution in [2.24, 2.45) is 5.92 Å². The Morgan fingerprint density at radius 2 is 2.17 bits per heavy atom. The summed E-state index contributed by atoms with van der Waals surface area (Å²) in [5, 5.41) is 8.90. The molecule has 0 spiro atoms. The van der Waals surface area contributed by atoms with Crippen molar-refractivity contribution in [2.45, 2.75) is 24.6 Å². The minimum Gasteiger partial charge on any atom is -0.318 e. The summed E-state index contributed by atoms with van der Waals surface area (Å²) in [4.78, 5) is 28.0. The number of hydrogen-bond acceptors (Lipinski definition) is 6. The Kier molecular flexibility index (Phi) is 5.56. The smallest absolute Gasteiger partial charge is 0.318 e. The summed E-state index contributed by atoms with van der Waals surface area (Å²) in [7, 11) is -3.54. The van der Waals surface area contributed by atoms with Crippen molar-refractivity contribution in [3.8, 4) is 23.7 Å². The maximum Gasteiger partial charge on any atom is 0.328 e. The number of hydroxylamine groups is 1. The Morgan fingerprint density at radius 3 is 2.77 bits per heavy atom. The largest absolute Gasteiger partial charge is 0.328 e. The molecule has 9 nitrogen and oxygen atoms in total. The van der Waals surface area contributed by atoms with Crippen LogP contribution in [0.15, 0.2) is 12.3 Å². The molecule has 30 heavy (non-hydrogen) atoms. The van der Waals surface area contributed by atoms with E-state index in [4.69, 9.17) is 6.58 Å². The zero-order chi connectivity index (χ0) is 22.8. The molecule has 1 saturated heterocycles. The molecular weight excluding hydrogens is 408 g/mol. The van der Waals surface area contributed by atoms with Gasteiger partial charge in [0.05, 0.1) is 6.54 Å². The molecule has 2 N–H and O–H groups in total. The zero-order valence-electron chi connectivity index (χ0n) is 17.8. The van der Waals surface area contributed by atoms with Crippen LogP contribution >= 0.6 is 0 Å². The molecule has 0 aliphatic carbocycles. The Morgan fingerprint density at radius 1 is 1.43 bits per heavy atom. The number of fused-ring (bicyclic) bond motifs is 1. The van der Waals surface area contributed by atoms with Crippen LogP contribution in [0.25, 0.3) is 0 Å². The summed E-state index contributed by atoms with van der Waals surface area (Å²) in [6.45, 7) is 3.10. The van der Waals surface area contributed by atoms with E-state index in [0.29, 0.717) is 11.3 Å². The molecular formula is C20H24N4O5S. The molecule has 0 bridgehead atoms. The van der Waals surface area contributed by atoms with Gasteiger partial charge in [0.2, 0.25) is 0 Å². The van der Waals surface area contributed by atoms with E-state index in [9.17, 15) is 18.0 Å². The lowest BCUT2D eigenvalue weighted by molar-refractivity contribution is -0.131. The molecule has 0 radical (unpaired) electrons. The zero-order valence-corrected chi connectivity index (χ0v) is 17.6. The number of amides is 2. The molecule has 0 aromatic carbocycles. The Hall–Kier alpha value is -2.79. The summed E-state index contributed by atoms with van der Waals surface area (Å²) in [6.07, 6.45) is 2.37. The third-order valence-electron chi connectivity index (χ3n) is 5.49. The molecule has 160 valence electrons. The molecule has 2 aliphatic rings. The Labute approximate surface area is 177 Å². The van der Waals surface area contributed by atoms with Gasteiger partial charge in [-0.1, -0.05) is 11.8 Å². The quantitative estimate of drug-likeness (QED) is 0.381. The van der Waals surface area contributed by atoms with E-state index >= 15 is 0 Å². The van der Waals surface area contributed by atoms with Gasteiger partial charge >= 0.3 is 6.03 Å². The van der Waals surface area contributed by atoms with Crippen LogP contribution in [0, 0.1) is 29.6 Å². The second-order valence-corrected chi connectivity index (χ2v) is 10.2. The highest BCUT2D eigenvalue weighted by molar-refractivity contribution is 7.92. The Balaban J connectivity index is 1.61. The molecule has 1 aromatic heterocycles. The molecule has 0 saturated carbocycles. The van der Waals surface area contributed by atoms with Crippen molar-refractivity contribution < 1.29 is 24.6 Å². The first-order valence-corrected chi connectivity index (χ1v) is 11.2. The van der Waals surface area contributed by atoms with Crippen LogP contribution in [0.5, 0.6) is 0 Å². The predicted octanol–water partition coefficient (Wildman–Crippen LogP) is -0.113. The third kappa shape index (κ3) is 4.21. The van der Waals surface area contributed by atoms with Gasteiger partial charge in [-0.25, -0.2) is 18.7 Å². The van der Waals surface area contributed by atoms with Crippen molar-refractivity contribution in [2.75, 3.05) is 32.9 Å². The number of aromatic nitrogens is 1. The number of carbonyl (C=O) groups excluding carboxylic acids is 2. The van der Waals surface area contributed by atoms with Crippen molar-refractivity contribution in [3.05, 3.63) is 23.5 Å². The number of sulfone groups is 1. The van der Waals surface area contributed by atoms with Crippen LogP contribution in [0.3, 0.4) is 0 Å². The normalized spacial score (nSPS) is 18.8. The molecule has 1 unspecified atom stereocenters. The summed E-state index contributed by atoms with van der Waals surface area (Å²) in [5.74, 6) is 10.8. The molecule has 1 aromatic rings. The topological polar surface area (TPSA) is 112 Å². The minimum atomic E-state index is -3.83. The van der Waals surface area contributed by atoms with E-state index in [-0.39, 0.29) is 38.5 Å². The van der Waals surface area contributed by atoms with Crippen molar-refractivity contribution in [3.63, 3.8) is 0 Å².